The SMILES string of the molecule is N#Cc1ccc(-c2cnn(Cc3cccc(C(=O)Nc4nc5c(s4)C[C@@H](N4CCOCC4)CC5)c3)c2)cc1. The van der Waals surface area contributed by atoms with Gasteiger partial charge in [-0.15, -0.1) is 11.3 Å². The molecule has 6 rings (SSSR count). The second-order valence-electron chi connectivity index (χ2n) is 9.70. The largest absolute Gasteiger partial charge is 0.379 e. The van der Waals surface area contributed by atoms with E-state index >= 15 is 0 Å². The van der Waals surface area contributed by atoms with Gasteiger partial charge in [-0.05, 0) is 54.7 Å². The topological polar surface area (TPSA) is 96.1 Å². The van der Waals surface area contributed by atoms with E-state index in [0.29, 0.717) is 28.8 Å². The first-order valence-corrected chi connectivity index (χ1v) is 13.7. The molecule has 2 aromatic heterocycles. The predicted molar refractivity (Wildman–Crippen MR) is 146 cm³/mol. The number of carbonyl (C=O) groups excluding carboxylic acids is 1. The van der Waals surface area contributed by atoms with Crippen LogP contribution >= 0.6 is 11.3 Å². The third kappa shape index (κ3) is 5.38. The quantitative estimate of drug-likeness (QED) is 0.403. The van der Waals surface area contributed by atoms with Crippen LogP contribution in [-0.2, 0) is 24.1 Å². The van der Waals surface area contributed by atoms with Gasteiger partial charge in [0.15, 0.2) is 5.13 Å². The number of amides is 1. The molecule has 0 radical (unpaired) electrons. The maximum Gasteiger partial charge on any atom is 0.257 e. The summed E-state index contributed by atoms with van der Waals surface area (Å²) in [5.74, 6) is -0.151. The lowest BCUT2D eigenvalue weighted by Crippen LogP contribution is -2.45. The summed E-state index contributed by atoms with van der Waals surface area (Å²) in [6.45, 7) is 4.16. The minimum Gasteiger partial charge on any atom is -0.379 e. The minimum absolute atomic E-state index is 0.151. The molecule has 2 aliphatic rings. The van der Waals surface area contributed by atoms with Gasteiger partial charge in [0.25, 0.3) is 5.91 Å². The molecule has 1 aliphatic carbocycles. The Hall–Kier alpha value is -3.84. The molecular formula is C29H28N6O2S. The molecule has 3 heterocycles. The third-order valence-corrected chi connectivity index (χ3v) is 8.25. The molecule has 9 heteroatoms. The van der Waals surface area contributed by atoms with Gasteiger partial charge in [0.05, 0.1) is 43.3 Å². The lowest BCUT2D eigenvalue weighted by atomic mass is 9.96. The van der Waals surface area contributed by atoms with Gasteiger partial charge in [0.1, 0.15) is 0 Å². The van der Waals surface area contributed by atoms with Crippen molar-refractivity contribution in [1.29, 1.82) is 5.26 Å². The predicted octanol–water partition coefficient (Wildman–Crippen LogP) is 4.37. The Morgan fingerprint density at radius 3 is 2.82 bits per heavy atom. The molecule has 0 saturated carbocycles. The number of rotatable bonds is 6. The number of fused-ring (bicyclic) bond motifs is 1. The molecule has 38 heavy (non-hydrogen) atoms. The maximum atomic E-state index is 13.1. The molecule has 0 bridgehead atoms. The standard InChI is InChI=1S/C29H28N6O2S/c30-16-20-4-6-22(7-5-20)24-17-31-35(19-24)18-21-2-1-3-23(14-21)28(36)33-29-32-26-9-8-25(15-27(26)38-29)34-10-12-37-13-11-34/h1-7,14,17,19,25H,8-13,15,18H2,(H,32,33,36)/t25-/m0/s1. The van der Waals surface area contributed by atoms with Crippen LogP contribution in [0.15, 0.2) is 60.9 Å². The van der Waals surface area contributed by atoms with E-state index in [1.54, 1.807) is 23.5 Å². The van der Waals surface area contributed by atoms with Crippen LogP contribution < -0.4 is 5.32 Å². The number of thiazole rings is 1. The van der Waals surface area contributed by atoms with Crippen LogP contribution in [0, 0.1) is 11.3 Å². The van der Waals surface area contributed by atoms with Gasteiger partial charge >= 0.3 is 0 Å². The highest BCUT2D eigenvalue weighted by atomic mass is 32.1. The summed E-state index contributed by atoms with van der Waals surface area (Å²) in [7, 11) is 0. The fourth-order valence-corrected chi connectivity index (χ4v) is 6.24. The van der Waals surface area contributed by atoms with Crippen molar-refractivity contribution < 1.29 is 9.53 Å². The van der Waals surface area contributed by atoms with Crippen molar-refractivity contribution in [2.75, 3.05) is 31.6 Å². The zero-order valence-electron chi connectivity index (χ0n) is 21.0. The summed E-state index contributed by atoms with van der Waals surface area (Å²) in [5.41, 5.74) is 5.32. The molecule has 2 aromatic carbocycles. The number of morpholine rings is 1. The van der Waals surface area contributed by atoms with Crippen molar-refractivity contribution in [2.45, 2.75) is 31.8 Å². The van der Waals surface area contributed by atoms with E-state index in [1.165, 1.54) is 4.88 Å². The average Bonchev–Trinajstić information content (AvgIpc) is 3.60. The van der Waals surface area contributed by atoms with Gasteiger partial charge in [0.2, 0.25) is 0 Å². The number of nitrogens with zero attached hydrogens (tertiary/aromatic N) is 5. The molecule has 1 fully saturated rings. The molecule has 1 amide bonds. The van der Waals surface area contributed by atoms with E-state index in [0.717, 1.165) is 68.0 Å². The number of nitriles is 1. The maximum absolute atomic E-state index is 13.1. The average molecular weight is 525 g/mol. The smallest absolute Gasteiger partial charge is 0.257 e. The monoisotopic (exact) mass is 524 g/mol. The second kappa shape index (κ2) is 10.9. The number of aromatic nitrogens is 3. The Morgan fingerprint density at radius 1 is 1.16 bits per heavy atom. The molecule has 1 aliphatic heterocycles. The lowest BCUT2D eigenvalue weighted by molar-refractivity contribution is 0.0139. The number of nitrogens with one attached hydrogen (secondary N) is 1. The molecule has 0 unspecified atom stereocenters. The van der Waals surface area contributed by atoms with Gasteiger partial charge in [-0.3, -0.25) is 19.7 Å². The van der Waals surface area contributed by atoms with E-state index < -0.39 is 0 Å². The fraction of sp³-hybridized carbons (Fsp3) is 0.310. The number of ether oxygens (including phenoxy) is 1. The minimum atomic E-state index is -0.151. The van der Waals surface area contributed by atoms with Gasteiger partial charge in [0, 0.05) is 41.3 Å². The Balaban J connectivity index is 1.10. The normalized spacial score (nSPS) is 17.5. The van der Waals surface area contributed by atoms with Crippen LogP contribution in [0.5, 0.6) is 0 Å². The van der Waals surface area contributed by atoms with Crippen molar-refractivity contribution in [1.82, 2.24) is 19.7 Å². The zero-order chi connectivity index (χ0) is 25.9. The second-order valence-corrected chi connectivity index (χ2v) is 10.8. The van der Waals surface area contributed by atoms with E-state index in [1.807, 2.05) is 53.5 Å². The van der Waals surface area contributed by atoms with Gasteiger partial charge in [-0.25, -0.2) is 4.98 Å². The third-order valence-electron chi connectivity index (χ3n) is 7.21. The van der Waals surface area contributed by atoms with Crippen LogP contribution in [-0.4, -0.2) is 57.9 Å². The molecular weight excluding hydrogens is 496 g/mol. The summed E-state index contributed by atoms with van der Waals surface area (Å²) >= 11 is 1.60. The molecule has 192 valence electrons. The number of anilines is 1. The van der Waals surface area contributed by atoms with Crippen molar-refractivity contribution in [2.24, 2.45) is 0 Å². The van der Waals surface area contributed by atoms with E-state index in [2.05, 4.69) is 21.4 Å². The summed E-state index contributed by atoms with van der Waals surface area (Å²) in [6.07, 6.45) is 6.83. The molecule has 4 aromatic rings. The van der Waals surface area contributed by atoms with E-state index in [4.69, 9.17) is 15.0 Å². The number of carbonyl (C=O) groups is 1. The van der Waals surface area contributed by atoms with Crippen molar-refractivity contribution in [3.8, 4) is 17.2 Å². The molecule has 1 saturated heterocycles. The lowest BCUT2D eigenvalue weighted by Gasteiger charge is -2.36. The first-order valence-electron chi connectivity index (χ1n) is 12.9. The van der Waals surface area contributed by atoms with Gasteiger partial charge in [-0.2, -0.15) is 10.4 Å². The number of hydrogen-bond acceptors (Lipinski definition) is 7. The van der Waals surface area contributed by atoms with Crippen LogP contribution in [0.1, 0.15) is 38.5 Å². The molecule has 1 N–H and O–H groups in total. The van der Waals surface area contributed by atoms with Crippen molar-refractivity contribution >= 4 is 22.4 Å². The van der Waals surface area contributed by atoms with Crippen LogP contribution in [0.25, 0.3) is 11.1 Å². The number of aryl methyl sites for hydroxylation is 1. The van der Waals surface area contributed by atoms with Crippen LogP contribution in [0.4, 0.5) is 5.13 Å². The Bertz CT molecular complexity index is 1480. The first-order chi connectivity index (χ1) is 18.6. The van der Waals surface area contributed by atoms with Crippen LogP contribution in [0.2, 0.25) is 0 Å². The van der Waals surface area contributed by atoms with Crippen molar-refractivity contribution in [3.63, 3.8) is 0 Å². The van der Waals surface area contributed by atoms with Gasteiger partial charge < -0.3 is 4.74 Å². The number of hydrogen-bond donors (Lipinski definition) is 1. The highest BCUT2D eigenvalue weighted by Crippen LogP contribution is 2.32. The Kier molecular flexibility index (Phi) is 7.01. The van der Waals surface area contributed by atoms with E-state index in [9.17, 15) is 4.79 Å². The molecule has 1 atom stereocenters. The summed E-state index contributed by atoms with van der Waals surface area (Å²) in [4.78, 5) is 21.6. The number of benzene rings is 2. The Morgan fingerprint density at radius 2 is 2.00 bits per heavy atom. The molecule has 8 nitrogen and oxygen atoms in total. The first kappa shape index (κ1) is 24.5. The highest BCUT2D eigenvalue weighted by molar-refractivity contribution is 7.15. The summed E-state index contributed by atoms with van der Waals surface area (Å²) in [5, 5.41) is 17.2. The fourth-order valence-electron chi connectivity index (χ4n) is 5.17. The zero-order valence-corrected chi connectivity index (χ0v) is 21.8. The summed E-state index contributed by atoms with van der Waals surface area (Å²) < 4.78 is 7.36. The molecule has 0 spiro atoms. The van der Waals surface area contributed by atoms with Crippen LogP contribution in [0.3, 0.4) is 0 Å². The van der Waals surface area contributed by atoms with Crippen molar-refractivity contribution in [3.05, 3.63) is 88.2 Å². The van der Waals surface area contributed by atoms with Gasteiger partial charge in [-0.1, -0.05) is 24.3 Å². The highest BCUT2D eigenvalue weighted by Gasteiger charge is 2.28. The van der Waals surface area contributed by atoms with E-state index in [-0.39, 0.29) is 5.91 Å². The Labute approximate surface area is 225 Å². The summed E-state index contributed by atoms with van der Waals surface area (Å²) in [6, 6.07) is 17.7.